The van der Waals surface area contributed by atoms with E-state index in [1.54, 1.807) is 6.08 Å². The summed E-state index contributed by atoms with van der Waals surface area (Å²) in [6.07, 6.45) is 1.72. The molecule has 0 radical (unpaired) electrons. The van der Waals surface area contributed by atoms with Crippen LogP contribution in [0.25, 0.3) is 0 Å². The van der Waals surface area contributed by atoms with Crippen LogP contribution in [-0.4, -0.2) is 37.0 Å². The lowest BCUT2D eigenvalue weighted by atomic mass is 10.2. The number of piperazine rings is 1. The summed E-state index contributed by atoms with van der Waals surface area (Å²) in [7, 11) is 0. The molecule has 1 aromatic carbocycles. The number of benzene rings is 1. The van der Waals surface area contributed by atoms with Gasteiger partial charge < -0.3 is 9.80 Å². The second-order valence-corrected chi connectivity index (χ2v) is 4.87. The first-order valence-electron chi connectivity index (χ1n) is 6.40. The van der Waals surface area contributed by atoms with Crippen LogP contribution >= 0.6 is 0 Å². The Labute approximate surface area is 109 Å². The van der Waals surface area contributed by atoms with Crippen LogP contribution in [0.3, 0.4) is 0 Å². The molecular formula is C15H20N2O. The zero-order chi connectivity index (χ0) is 13.0. The molecule has 0 atom stereocenters. The number of amides is 1. The average Bonchev–Trinajstić information content (AvgIpc) is 2.39. The fourth-order valence-corrected chi connectivity index (χ4v) is 2.16. The van der Waals surface area contributed by atoms with Gasteiger partial charge in [0.15, 0.2) is 0 Å². The highest BCUT2D eigenvalue weighted by Gasteiger charge is 2.19. The van der Waals surface area contributed by atoms with Crippen LogP contribution in [0.1, 0.15) is 13.8 Å². The van der Waals surface area contributed by atoms with Gasteiger partial charge >= 0.3 is 0 Å². The molecule has 0 saturated carbocycles. The third kappa shape index (κ3) is 3.13. The first kappa shape index (κ1) is 12.7. The second kappa shape index (κ2) is 5.71. The van der Waals surface area contributed by atoms with Gasteiger partial charge in [0.25, 0.3) is 0 Å². The highest BCUT2D eigenvalue weighted by molar-refractivity contribution is 5.88. The first-order chi connectivity index (χ1) is 8.66. The van der Waals surface area contributed by atoms with Gasteiger partial charge in [-0.3, -0.25) is 4.79 Å². The predicted octanol–water partition coefficient (Wildman–Crippen LogP) is 2.30. The molecule has 3 nitrogen and oxygen atoms in total. The van der Waals surface area contributed by atoms with Crippen LogP contribution in [0.15, 0.2) is 42.0 Å². The van der Waals surface area contributed by atoms with Crippen molar-refractivity contribution in [1.82, 2.24) is 4.90 Å². The highest BCUT2D eigenvalue weighted by Crippen LogP contribution is 2.15. The summed E-state index contributed by atoms with van der Waals surface area (Å²) in [5.41, 5.74) is 2.30. The monoisotopic (exact) mass is 244 g/mol. The smallest absolute Gasteiger partial charge is 0.246 e. The molecule has 18 heavy (non-hydrogen) atoms. The van der Waals surface area contributed by atoms with Crippen molar-refractivity contribution in [3.8, 4) is 0 Å². The summed E-state index contributed by atoms with van der Waals surface area (Å²) >= 11 is 0. The van der Waals surface area contributed by atoms with Crippen LogP contribution in [0.2, 0.25) is 0 Å². The summed E-state index contributed by atoms with van der Waals surface area (Å²) in [6, 6.07) is 10.4. The molecular weight excluding hydrogens is 224 g/mol. The normalized spacial score (nSPS) is 15.4. The molecule has 0 spiro atoms. The highest BCUT2D eigenvalue weighted by atomic mass is 16.2. The molecule has 1 heterocycles. The van der Waals surface area contributed by atoms with Crippen LogP contribution in [0, 0.1) is 0 Å². The van der Waals surface area contributed by atoms with Crippen LogP contribution in [-0.2, 0) is 4.79 Å². The van der Waals surface area contributed by atoms with Crippen molar-refractivity contribution in [1.29, 1.82) is 0 Å². The van der Waals surface area contributed by atoms with Crippen molar-refractivity contribution in [2.75, 3.05) is 31.1 Å². The lowest BCUT2D eigenvalue weighted by Crippen LogP contribution is -2.48. The molecule has 1 saturated heterocycles. The molecule has 96 valence electrons. The summed E-state index contributed by atoms with van der Waals surface area (Å²) in [6.45, 7) is 7.34. The number of para-hydroxylation sites is 1. The molecule has 1 aliphatic heterocycles. The zero-order valence-corrected chi connectivity index (χ0v) is 11.1. The Hall–Kier alpha value is -1.77. The van der Waals surface area contributed by atoms with E-state index in [0.717, 1.165) is 31.8 Å². The van der Waals surface area contributed by atoms with E-state index in [1.165, 1.54) is 5.69 Å². The van der Waals surface area contributed by atoms with E-state index in [4.69, 9.17) is 0 Å². The van der Waals surface area contributed by atoms with Crippen LogP contribution in [0.5, 0.6) is 0 Å². The van der Waals surface area contributed by atoms with Crippen molar-refractivity contribution in [2.45, 2.75) is 13.8 Å². The molecule has 3 heteroatoms. The largest absolute Gasteiger partial charge is 0.368 e. The molecule has 2 rings (SSSR count). The predicted molar refractivity (Wildman–Crippen MR) is 74.7 cm³/mol. The molecule has 1 aromatic rings. The fourth-order valence-electron chi connectivity index (χ4n) is 2.16. The third-order valence-corrected chi connectivity index (χ3v) is 3.12. The number of anilines is 1. The number of hydrogen-bond acceptors (Lipinski definition) is 2. The van der Waals surface area contributed by atoms with Gasteiger partial charge in [-0.2, -0.15) is 0 Å². The minimum Gasteiger partial charge on any atom is -0.368 e. The maximum atomic E-state index is 11.9. The Kier molecular flexibility index (Phi) is 4.03. The summed E-state index contributed by atoms with van der Waals surface area (Å²) in [5.74, 6) is 0.141. The summed E-state index contributed by atoms with van der Waals surface area (Å²) in [4.78, 5) is 16.1. The molecule has 0 aliphatic carbocycles. The Morgan fingerprint density at radius 3 is 2.22 bits per heavy atom. The Morgan fingerprint density at radius 1 is 1.06 bits per heavy atom. The molecule has 1 amide bonds. The average molecular weight is 244 g/mol. The quantitative estimate of drug-likeness (QED) is 0.745. The number of nitrogens with zero attached hydrogens (tertiary/aromatic N) is 2. The van der Waals surface area contributed by atoms with Crippen LogP contribution in [0.4, 0.5) is 5.69 Å². The molecule has 0 bridgehead atoms. The number of allylic oxidation sites excluding steroid dienone is 1. The van der Waals surface area contributed by atoms with E-state index >= 15 is 0 Å². The third-order valence-electron chi connectivity index (χ3n) is 3.12. The van der Waals surface area contributed by atoms with Gasteiger partial charge in [0.1, 0.15) is 0 Å². The van der Waals surface area contributed by atoms with Crippen LogP contribution < -0.4 is 4.90 Å². The van der Waals surface area contributed by atoms with Crippen molar-refractivity contribution in [2.24, 2.45) is 0 Å². The van der Waals surface area contributed by atoms with Crippen molar-refractivity contribution in [3.63, 3.8) is 0 Å². The molecule has 1 fully saturated rings. The van der Waals surface area contributed by atoms with E-state index in [1.807, 2.05) is 24.8 Å². The zero-order valence-electron chi connectivity index (χ0n) is 11.1. The number of hydrogen-bond donors (Lipinski definition) is 0. The topological polar surface area (TPSA) is 23.6 Å². The lowest BCUT2D eigenvalue weighted by Gasteiger charge is -2.35. The van der Waals surface area contributed by atoms with Crippen molar-refractivity contribution >= 4 is 11.6 Å². The Bertz CT molecular complexity index is 427. The van der Waals surface area contributed by atoms with Gasteiger partial charge in [-0.25, -0.2) is 0 Å². The van der Waals surface area contributed by atoms with Gasteiger partial charge in [0.2, 0.25) is 5.91 Å². The number of carbonyl (C=O) groups is 1. The SMILES string of the molecule is CC(C)=CC(=O)N1CCN(c2ccccc2)CC1. The van der Waals surface area contributed by atoms with Gasteiger partial charge in [-0.1, -0.05) is 23.8 Å². The lowest BCUT2D eigenvalue weighted by molar-refractivity contribution is -0.126. The molecule has 1 aliphatic rings. The molecule has 0 unspecified atom stereocenters. The molecule has 0 aromatic heterocycles. The summed E-state index contributed by atoms with van der Waals surface area (Å²) in [5, 5.41) is 0. The summed E-state index contributed by atoms with van der Waals surface area (Å²) < 4.78 is 0. The van der Waals surface area contributed by atoms with E-state index in [2.05, 4.69) is 29.2 Å². The van der Waals surface area contributed by atoms with E-state index in [0.29, 0.717) is 0 Å². The standard InChI is InChI=1S/C15H20N2O/c1-13(2)12-15(18)17-10-8-16(9-11-17)14-6-4-3-5-7-14/h3-7,12H,8-11H2,1-2H3. The van der Waals surface area contributed by atoms with Gasteiger partial charge in [0.05, 0.1) is 0 Å². The minimum atomic E-state index is 0.141. The van der Waals surface area contributed by atoms with E-state index in [-0.39, 0.29) is 5.91 Å². The number of rotatable bonds is 2. The van der Waals surface area contributed by atoms with Gasteiger partial charge in [-0.15, -0.1) is 0 Å². The van der Waals surface area contributed by atoms with Crippen molar-refractivity contribution in [3.05, 3.63) is 42.0 Å². The van der Waals surface area contributed by atoms with E-state index < -0.39 is 0 Å². The molecule has 0 N–H and O–H groups in total. The number of carbonyl (C=O) groups excluding carboxylic acids is 1. The van der Waals surface area contributed by atoms with Crippen molar-refractivity contribution < 1.29 is 4.79 Å². The van der Waals surface area contributed by atoms with E-state index in [9.17, 15) is 4.79 Å². The second-order valence-electron chi connectivity index (χ2n) is 4.87. The maximum absolute atomic E-state index is 11.9. The van der Waals surface area contributed by atoms with Gasteiger partial charge in [-0.05, 0) is 26.0 Å². The Morgan fingerprint density at radius 2 is 1.67 bits per heavy atom. The first-order valence-corrected chi connectivity index (χ1v) is 6.40. The van der Waals surface area contributed by atoms with Gasteiger partial charge in [0, 0.05) is 37.9 Å². The minimum absolute atomic E-state index is 0.141. The fraction of sp³-hybridized carbons (Fsp3) is 0.400. The Balaban J connectivity index is 1.93. The maximum Gasteiger partial charge on any atom is 0.246 e.